The number of carbonyl (C=O) groups excluding carboxylic acids is 3. The first-order valence-corrected chi connectivity index (χ1v) is 6.92. The van der Waals surface area contributed by atoms with Gasteiger partial charge in [-0.25, -0.2) is 4.79 Å². The Hall–Kier alpha value is -1.59. The summed E-state index contributed by atoms with van der Waals surface area (Å²) in [6, 6.07) is 0. The molecular weight excluding hydrogens is 262 g/mol. The quantitative estimate of drug-likeness (QED) is 0.571. The first-order chi connectivity index (χ1) is 9.24. The van der Waals surface area contributed by atoms with Crippen LogP contribution in [0.1, 0.15) is 40.5 Å². The van der Waals surface area contributed by atoms with Crippen molar-refractivity contribution in [2.75, 3.05) is 19.7 Å². The van der Waals surface area contributed by atoms with Gasteiger partial charge in [-0.3, -0.25) is 9.59 Å². The lowest BCUT2D eigenvalue weighted by Crippen LogP contribution is -2.40. The van der Waals surface area contributed by atoms with Gasteiger partial charge in [-0.05, 0) is 40.5 Å². The minimum atomic E-state index is -0.762. The van der Waals surface area contributed by atoms with Crippen LogP contribution in [-0.2, 0) is 19.1 Å². The minimum absolute atomic E-state index is 0.0988. The van der Waals surface area contributed by atoms with Gasteiger partial charge in [0.2, 0.25) is 0 Å². The van der Waals surface area contributed by atoms with E-state index in [4.69, 9.17) is 9.47 Å². The third-order valence-corrected chi connectivity index (χ3v) is 2.88. The van der Waals surface area contributed by atoms with Gasteiger partial charge in [0.25, 0.3) is 0 Å². The zero-order chi connectivity index (χ0) is 15.3. The number of Topliss-reactive ketones (excluding diaryl/α,β-unsaturated/α-hetero) is 1. The first kappa shape index (κ1) is 16.5. The molecule has 0 bridgehead atoms. The van der Waals surface area contributed by atoms with Gasteiger partial charge in [0.15, 0.2) is 5.78 Å². The summed E-state index contributed by atoms with van der Waals surface area (Å²) in [4.78, 5) is 37.1. The van der Waals surface area contributed by atoms with E-state index in [0.717, 1.165) is 0 Å². The Balaban J connectivity index is 2.67. The van der Waals surface area contributed by atoms with Crippen LogP contribution < -0.4 is 0 Å². The van der Waals surface area contributed by atoms with E-state index < -0.39 is 23.6 Å². The second kappa shape index (κ2) is 6.72. The zero-order valence-electron chi connectivity index (χ0n) is 12.6. The lowest BCUT2D eigenvalue weighted by Gasteiger charge is -2.25. The smallest absolute Gasteiger partial charge is 0.410 e. The van der Waals surface area contributed by atoms with Crippen LogP contribution in [0.25, 0.3) is 0 Å². The number of hydrogen-bond acceptors (Lipinski definition) is 5. The summed E-state index contributed by atoms with van der Waals surface area (Å²) in [6.45, 7) is 7.57. The third-order valence-electron chi connectivity index (χ3n) is 2.88. The number of ether oxygens (including phenoxy) is 2. The fourth-order valence-electron chi connectivity index (χ4n) is 2.00. The summed E-state index contributed by atoms with van der Waals surface area (Å²) >= 11 is 0. The van der Waals surface area contributed by atoms with Crippen molar-refractivity contribution in [2.45, 2.75) is 46.1 Å². The Morgan fingerprint density at radius 3 is 2.55 bits per heavy atom. The number of ketones is 1. The van der Waals surface area contributed by atoms with Crippen molar-refractivity contribution in [1.29, 1.82) is 0 Å². The molecule has 1 aliphatic rings. The number of likely N-dealkylation sites (tertiary alicyclic amines) is 1. The summed E-state index contributed by atoms with van der Waals surface area (Å²) in [6.07, 6.45) is 0.473. The maximum atomic E-state index is 12.1. The Labute approximate surface area is 119 Å². The molecule has 1 atom stereocenters. The second-order valence-electron chi connectivity index (χ2n) is 5.82. The van der Waals surface area contributed by atoms with E-state index in [1.54, 1.807) is 27.7 Å². The topological polar surface area (TPSA) is 72.9 Å². The number of hydrogen-bond donors (Lipinski definition) is 0. The van der Waals surface area contributed by atoms with Crippen molar-refractivity contribution in [1.82, 2.24) is 4.90 Å². The van der Waals surface area contributed by atoms with Gasteiger partial charge in [0.1, 0.15) is 11.5 Å². The van der Waals surface area contributed by atoms with Gasteiger partial charge < -0.3 is 14.4 Å². The highest BCUT2D eigenvalue weighted by Gasteiger charge is 2.34. The Kier molecular flexibility index (Phi) is 5.53. The average Bonchev–Trinajstić information content (AvgIpc) is 2.49. The molecule has 0 N–H and O–H groups in total. The molecule has 6 heteroatoms. The molecular formula is C14H23NO5. The standard InChI is InChI=1S/C14H23NO5/c1-5-19-12(17)10-7-6-8-15(9-11(10)16)13(18)20-14(2,3)4/h10H,5-9H2,1-4H3/t10-/m0/s1. The highest BCUT2D eigenvalue weighted by atomic mass is 16.6. The van der Waals surface area contributed by atoms with E-state index in [9.17, 15) is 14.4 Å². The fraction of sp³-hybridized carbons (Fsp3) is 0.786. The van der Waals surface area contributed by atoms with Crippen LogP contribution in [0.4, 0.5) is 4.79 Å². The SMILES string of the molecule is CCOC(=O)[C@H]1CCCN(C(=O)OC(C)(C)C)CC1=O. The van der Waals surface area contributed by atoms with Crippen LogP contribution in [0, 0.1) is 5.92 Å². The lowest BCUT2D eigenvalue weighted by atomic mass is 10.00. The third kappa shape index (κ3) is 4.83. The molecule has 0 radical (unpaired) electrons. The zero-order valence-corrected chi connectivity index (χ0v) is 12.6. The Morgan fingerprint density at radius 2 is 2.00 bits per heavy atom. The number of rotatable bonds is 2. The Morgan fingerprint density at radius 1 is 1.35 bits per heavy atom. The predicted molar refractivity (Wildman–Crippen MR) is 72.2 cm³/mol. The van der Waals surface area contributed by atoms with Crippen LogP contribution in [0.5, 0.6) is 0 Å². The molecule has 0 aromatic rings. The van der Waals surface area contributed by atoms with E-state index >= 15 is 0 Å². The molecule has 1 amide bonds. The van der Waals surface area contributed by atoms with Crippen molar-refractivity contribution in [3.63, 3.8) is 0 Å². The van der Waals surface area contributed by atoms with Gasteiger partial charge >= 0.3 is 12.1 Å². The van der Waals surface area contributed by atoms with E-state index in [-0.39, 0.29) is 18.9 Å². The summed E-state index contributed by atoms with van der Waals surface area (Å²) in [7, 11) is 0. The van der Waals surface area contributed by atoms with Gasteiger partial charge in [0.05, 0.1) is 13.2 Å². The van der Waals surface area contributed by atoms with E-state index in [0.29, 0.717) is 19.4 Å². The molecule has 0 aliphatic carbocycles. The van der Waals surface area contributed by atoms with Gasteiger partial charge in [-0.1, -0.05) is 0 Å². The van der Waals surface area contributed by atoms with Crippen molar-refractivity contribution < 1.29 is 23.9 Å². The van der Waals surface area contributed by atoms with Crippen LogP contribution >= 0.6 is 0 Å². The molecule has 0 aromatic carbocycles. The van der Waals surface area contributed by atoms with Crippen LogP contribution in [0.15, 0.2) is 0 Å². The monoisotopic (exact) mass is 285 g/mol. The summed E-state index contributed by atoms with van der Waals surface area (Å²) in [5.41, 5.74) is -0.604. The molecule has 1 rings (SSSR count). The van der Waals surface area contributed by atoms with Crippen molar-refractivity contribution in [3.8, 4) is 0 Å². The number of esters is 1. The highest BCUT2D eigenvalue weighted by Crippen LogP contribution is 2.18. The summed E-state index contributed by atoms with van der Waals surface area (Å²) in [5, 5.41) is 0. The summed E-state index contributed by atoms with van der Waals surface area (Å²) in [5.74, 6) is -1.54. The summed E-state index contributed by atoms with van der Waals surface area (Å²) < 4.78 is 10.1. The van der Waals surface area contributed by atoms with Gasteiger partial charge in [0, 0.05) is 6.54 Å². The Bertz CT molecular complexity index is 386. The molecule has 0 spiro atoms. The van der Waals surface area contributed by atoms with E-state index in [1.165, 1.54) is 4.90 Å². The number of amides is 1. The van der Waals surface area contributed by atoms with Crippen molar-refractivity contribution in [2.24, 2.45) is 5.92 Å². The maximum Gasteiger partial charge on any atom is 0.410 e. The first-order valence-electron chi connectivity index (χ1n) is 6.92. The lowest BCUT2D eigenvalue weighted by molar-refractivity contribution is -0.151. The maximum absolute atomic E-state index is 12.1. The number of nitrogens with zero attached hydrogens (tertiary/aromatic N) is 1. The molecule has 114 valence electrons. The molecule has 1 heterocycles. The fourth-order valence-corrected chi connectivity index (χ4v) is 2.00. The average molecular weight is 285 g/mol. The molecule has 0 aromatic heterocycles. The van der Waals surface area contributed by atoms with E-state index in [1.807, 2.05) is 0 Å². The van der Waals surface area contributed by atoms with Gasteiger partial charge in [-0.15, -0.1) is 0 Å². The molecule has 20 heavy (non-hydrogen) atoms. The largest absolute Gasteiger partial charge is 0.465 e. The molecule has 0 saturated carbocycles. The second-order valence-corrected chi connectivity index (χ2v) is 5.82. The molecule has 1 saturated heterocycles. The number of carbonyl (C=O) groups is 3. The molecule has 0 unspecified atom stereocenters. The van der Waals surface area contributed by atoms with Crippen LogP contribution in [0.2, 0.25) is 0 Å². The van der Waals surface area contributed by atoms with Crippen LogP contribution in [0.3, 0.4) is 0 Å². The molecule has 6 nitrogen and oxygen atoms in total. The molecule has 1 fully saturated rings. The highest BCUT2D eigenvalue weighted by molar-refractivity contribution is 6.01. The van der Waals surface area contributed by atoms with Crippen LogP contribution in [-0.4, -0.2) is 48.0 Å². The predicted octanol–water partition coefficient (Wildman–Crippen LogP) is 1.77. The minimum Gasteiger partial charge on any atom is -0.465 e. The normalized spacial score (nSPS) is 20.3. The van der Waals surface area contributed by atoms with Gasteiger partial charge in [-0.2, -0.15) is 0 Å². The van der Waals surface area contributed by atoms with E-state index in [2.05, 4.69) is 0 Å². The van der Waals surface area contributed by atoms with Crippen molar-refractivity contribution >= 4 is 17.8 Å². The molecule has 1 aliphatic heterocycles. The van der Waals surface area contributed by atoms with Crippen molar-refractivity contribution in [3.05, 3.63) is 0 Å².